The molecule has 0 spiro atoms. The van der Waals surface area contributed by atoms with Gasteiger partial charge in [-0.1, -0.05) is 0 Å². The van der Waals surface area contributed by atoms with Crippen molar-refractivity contribution in [3.63, 3.8) is 0 Å². The van der Waals surface area contributed by atoms with Crippen LogP contribution in [-0.2, 0) is 10.0 Å². The lowest BCUT2D eigenvalue weighted by Crippen LogP contribution is -2.11. The lowest BCUT2D eigenvalue weighted by molar-refractivity contribution is 0.103. The third-order valence-electron chi connectivity index (χ3n) is 3.26. The molecule has 3 aromatic rings. The quantitative estimate of drug-likeness (QED) is 0.645. The average Bonchev–Trinajstić information content (AvgIpc) is 2.90. The largest absolute Gasteiger partial charge is 0.345 e. The van der Waals surface area contributed by atoms with E-state index in [0.717, 1.165) is 12.3 Å². The molecule has 2 N–H and O–H groups in total. The molecule has 2 aromatic heterocycles. The summed E-state index contributed by atoms with van der Waals surface area (Å²) in [5.74, 6) is -1.31. The number of carbonyl (C=O) groups is 1. The fourth-order valence-corrected chi connectivity index (χ4v) is 3.17. The number of fused-ring (bicyclic) bond motifs is 1. The second-order valence-electron chi connectivity index (χ2n) is 5.15. The number of aromatic nitrogens is 2. The standard InChI is InChI=1S/C15H11BrFN3O3S/c1-24(22,23)20-9-2-3-13(17)11(5-9)14(21)12-7-19-15-10(12)4-8(16)6-18-15/h2-7,20H,1H3,(H,18,19). The van der Waals surface area contributed by atoms with Gasteiger partial charge in [0.15, 0.2) is 5.78 Å². The summed E-state index contributed by atoms with van der Waals surface area (Å²) in [6.07, 6.45) is 3.99. The molecule has 0 amide bonds. The summed E-state index contributed by atoms with van der Waals surface area (Å²) in [5, 5.41) is 0.537. The van der Waals surface area contributed by atoms with Gasteiger partial charge in [0.2, 0.25) is 10.0 Å². The van der Waals surface area contributed by atoms with Crippen LogP contribution < -0.4 is 4.72 Å². The highest BCUT2D eigenvalue weighted by Crippen LogP contribution is 2.25. The van der Waals surface area contributed by atoms with Crippen molar-refractivity contribution in [1.82, 2.24) is 9.97 Å². The second-order valence-corrected chi connectivity index (χ2v) is 7.81. The number of sulfonamides is 1. The lowest BCUT2D eigenvalue weighted by Gasteiger charge is -2.07. The predicted octanol–water partition coefficient (Wildman–Crippen LogP) is 3.07. The molecule has 0 saturated carbocycles. The number of ketones is 1. The highest BCUT2D eigenvalue weighted by atomic mass is 79.9. The summed E-state index contributed by atoms with van der Waals surface area (Å²) in [6, 6.07) is 5.16. The number of pyridine rings is 1. The van der Waals surface area contributed by atoms with Gasteiger partial charge in [0.1, 0.15) is 11.5 Å². The zero-order chi connectivity index (χ0) is 17.5. The third-order valence-corrected chi connectivity index (χ3v) is 4.30. The number of nitrogens with one attached hydrogen (secondary N) is 2. The molecule has 0 aliphatic heterocycles. The van der Waals surface area contributed by atoms with Crippen molar-refractivity contribution in [2.45, 2.75) is 0 Å². The van der Waals surface area contributed by atoms with Crippen LogP contribution in [0.4, 0.5) is 10.1 Å². The maximum absolute atomic E-state index is 14.1. The minimum Gasteiger partial charge on any atom is -0.345 e. The molecule has 0 saturated heterocycles. The minimum absolute atomic E-state index is 0.112. The highest BCUT2D eigenvalue weighted by molar-refractivity contribution is 9.10. The van der Waals surface area contributed by atoms with E-state index in [1.807, 2.05) is 0 Å². The van der Waals surface area contributed by atoms with Crippen LogP contribution in [0.3, 0.4) is 0 Å². The molecule has 2 heterocycles. The molecule has 0 aliphatic carbocycles. The van der Waals surface area contributed by atoms with Crippen molar-refractivity contribution in [2.75, 3.05) is 11.0 Å². The zero-order valence-corrected chi connectivity index (χ0v) is 14.7. The first-order valence-electron chi connectivity index (χ1n) is 6.69. The maximum atomic E-state index is 14.1. The SMILES string of the molecule is CS(=O)(=O)Nc1ccc(F)c(C(=O)c2c[nH]c3ncc(Br)cc23)c1. The summed E-state index contributed by atoms with van der Waals surface area (Å²) >= 11 is 3.28. The fourth-order valence-electron chi connectivity index (χ4n) is 2.29. The van der Waals surface area contributed by atoms with E-state index in [4.69, 9.17) is 0 Å². The summed E-state index contributed by atoms with van der Waals surface area (Å²) in [7, 11) is -3.53. The average molecular weight is 412 g/mol. The van der Waals surface area contributed by atoms with Crippen LogP contribution in [-0.4, -0.2) is 30.4 Å². The number of hydrogen-bond acceptors (Lipinski definition) is 4. The van der Waals surface area contributed by atoms with E-state index in [2.05, 4.69) is 30.6 Å². The number of carbonyl (C=O) groups excluding carboxylic acids is 1. The number of aromatic amines is 1. The normalized spacial score (nSPS) is 11.6. The molecule has 0 radical (unpaired) electrons. The van der Waals surface area contributed by atoms with E-state index >= 15 is 0 Å². The van der Waals surface area contributed by atoms with Gasteiger partial charge in [-0.05, 0) is 40.2 Å². The maximum Gasteiger partial charge on any atom is 0.229 e. The van der Waals surface area contributed by atoms with E-state index in [0.29, 0.717) is 15.5 Å². The Hall–Kier alpha value is -2.26. The molecule has 3 rings (SSSR count). The number of anilines is 1. The number of rotatable bonds is 4. The number of nitrogens with zero attached hydrogens (tertiary/aromatic N) is 1. The smallest absolute Gasteiger partial charge is 0.229 e. The third kappa shape index (κ3) is 3.31. The summed E-state index contributed by atoms with van der Waals surface area (Å²) < 4.78 is 39.6. The molecule has 9 heteroatoms. The van der Waals surface area contributed by atoms with Crippen LogP contribution in [0.5, 0.6) is 0 Å². The molecule has 0 bridgehead atoms. The van der Waals surface area contributed by atoms with Gasteiger partial charge in [0.25, 0.3) is 0 Å². The molecule has 0 atom stereocenters. The molecule has 0 fully saturated rings. The number of benzene rings is 1. The van der Waals surface area contributed by atoms with E-state index in [1.165, 1.54) is 18.3 Å². The summed E-state index contributed by atoms with van der Waals surface area (Å²) in [5.41, 5.74) is 0.618. The van der Waals surface area contributed by atoms with Crippen LogP contribution in [0.1, 0.15) is 15.9 Å². The van der Waals surface area contributed by atoms with Crippen LogP contribution in [0, 0.1) is 5.82 Å². The first kappa shape index (κ1) is 16.6. The Kier molecular flexibility index (Phi) is 4.14. The number of hydrogen-bond donors (Lipinski definition) is 2. The molecule has 24 heavy (non-hydrogen) atoms. The molecular weight excluding hydrogens is 401 g/mol. The van der Waals surface area contributed by atoms with Gasteiger partial charge in [-0.25, -0.2) is 17.8 Å². The topological polar surface area (TPSA) is 91.9 Å². The summed E-state index contributed by atoms with van der Waals surface area (Å²) in [6.45, 7) is 0. The van der Waals surface area contributed by atoms with Gasteiger partial charge >= 0.3 is 0 Å². The molecule has 6 nitrogen and oxygen atoms in total. The van der Waals surface area contributed by atoms with Crippen molar-refractivity contribution < 1.29 is 17.6 Å². The van der Waals surface area contributed by atoms with E-state index in [-0.39, 0.29) is 16.8 Å². The van der Waals surface area contributed by atoms with Crippen molar-refractivity contribution in [2.24, 2.45) is 0 Å². The van der Waals surface area contributed by atoms with E-state index in [1.54, 1.807) is 12.3 Å². The Balaban J connectivity index is 2.08. The Labute approximate surface area is 145 Å². The first-order valence-corrected chi connectivity index (χ1v) is 9.38. The van der Waals surface area contributed by atoms with Gasteiger partial charge in [0, 0.05) is 33.5 Å². The van der Waals surface area contributed by atoms with Crippen molar-refractivity contribution >= 4 is 48.5 Å². The fraction of sp³-hybridized carbons (Fsp3) is 0.0667. The number of H-pyrrole nitrogens is 1. The van der Waals surface area contributed by atoms with E-state index in [9.17, 15) is 17.6 Å². The van der Waals surface area contributed by atoms with Gasteiger partial charge < -0.3 is 4.98 Å². The predicted molar refractivity (Wildman–Crippen MR) is 92.1 cm³/mol. The van der Waals surface area contributed by atoms with Gasteiger partial charge in [-0.3, -0.25) is 9.52 Å². The van der Waals surface area contributed by atoms with Crippen LogP contribution in [0.25, 0.3) is 11.0 Å². The Morgan fingerprint density at radius 3 is 2.75 bits per heavy atom. The monoisotopic (exact) mass is 411 g/mol. The van der Waals surface area contributed by atoms with Crippen LogP contribution in [0.2, 0.25) is 0 Å². The number of halogens is 2. The van der Waals surface area contributed by atoms with Crippen LogP contribution in [0.15, 0.2) is 41.1 Å². The van der Waals surface area contributed by atoms with Crippen molar-refractivity contribution in [3.8, 4) is 0 Å². The summed E-state index contributed by atoms with van der Waals surface area (Å²) in [4.78, 5) is 19.7. The van der Waals surface area contributed by atoms with Crippen molar-refractivity contribution in [3.05, 3.63) is 58.1 Å². The zero-order valence-electron chi connectivity index (χ0n) is 12.3. The van der Waals surface area contributed by atoms with Crippen LogP contribution >= 0.6 is 15.9 Å². The molecule has 124 valence electrons. The first-order chi connectivity index (χ1) is 11.2. The van der Waals surface area contributed by atoms with Crippen molar-refractivity contribution in [1.29, 1.82) is 0 Å². The molecular formula is C15H11BrFN3O3S. The molecule has 0 unspecified atom stereocenters. The Bertz CT molecular complexity index is 1060. The Morgan fingerprint density at radius 2 is 2.04 bits per heavy atom. The van der Waals surface area contributed by atoms with E-state index < -0.39 is 21.6 Å². The van der Waals surface area contributed by atoms with Gasteiger partial charge in [-0.15, -0.1) is 0 Å². The van der Waals surface area contributed by atoms with Gasteiger partial charge in [-0.2, -0.15) is 0 Å². The molecule has 1 aromatic carbocycles. The minimum atomic E-state index is -3.53. The molecule has 0 aliphatic rings. The van der Waals surface area contributed by atoms with Gasteiger partial charge in [0.05, 0.1) is 11.8 Å². The second kappa shape index (κ2) is 5.99. The Morgan fingerprint density at radius 1 is 1.29 bits per heavy atom. The highest BCUT2D eigenvalue weighted by Gasteiger charge is 2.19. The lowest BCUT2D eigenvalue weighted by atomic mass is 10.0.